The molecule has 0 saturated carbocycles. The lowest BCUT2D eigenvalue weighted by molar-refractivity contribution is -0.121. The summed E-state index contributed by atoms with van der Waals surface area (Å²) in [6.45, 7) is 1.56. The van der Waals surface area contributed by atoms with Crippen LogP contribution in [0.15, 0.2) is 88.9 Å². The third kappa shape index (κ3) is 6.31. The van der Waals surface area contributed by atoms with E-state index in [2.05, 4.69) is 10.5 Å². The van der Waals surface area contributed by atoms with E-state index in [4.69, 9.17) is 0 Å². The standard InChI is InChI=1S/C23H22FN3O3S/c1-18-7-9-20(10-8-18)16-27(31(29,30)22-5-3-2-4-6-22)17-23(28)26-25-15-19-11-13-21(24)14-12-19/h2-15H,16-17H2,1H3,(H,26,28). The molecule has 0 atom stereocenters. The third-order valence-corrected chi connectivity index (χ3v) is 6.26. The number of halogens is 1. The molecule has 1 amide bonds. The molecular formula is C23H22FN3O3S. The van der Waals surface area contributed by atoms with Gasteiger partial charge in [-0.15, -0.1) is 0 Å². The van der Waals surface area contributed by atoms with E-state index in [-0.39, 0.29) is 17.3 Å². The molecule has 0 bridgehead atoms. The average molecular weight is 440 g/mol. The van der Waals surface area contributed by atoms with Gasteiger partial charge in [-0.05, 0) is 42.3 Å². The summed E-state index contributed by atoms with van der Waals surface area (Å²) in [5, 5.41) is 3.83. The van der Waals surface area contributed by atoms with Crippen LogP contribution < -0.4 is 5.43 Å². The van der Waals surface area contributed by atoms with Gasteiger partial charge in [0.15, 0.2) is 0 Å². The second-order valence-electron chi connectivity index (χ2n) is 6.92. The van der Waals surface area contributed by atoms with Gasteiger partial charge >= 0.3 is 0 Å². The number of rotatable bonds is 8. The lowest BCUT2D eigenvalue weighted by atomic mass is 10.1. The van der Waals surface area contributed by atoms with Crippen LogP contribution in [-0.2, 0) is 21.4 Å². The van der Waals surface area contributed by atoms with E-state index in [1.54, 1.807) is 18.2 Å². The number of nitrogens with zero attached hydrogens (tertiary/aromatic N) is 2. The smallest absolute Gasteiger partial charge is 0.255 e. The zero-order chi connectivity index (χ0) is 22.3. The molecular weight excluding hydrogens is 417 g/mol. The van der Waals surface area contributed by atoms with Crippen molar-refractivity contribution in [2.45, 2.75) is 18.4 Å². The Morgan fingerprint density at radius 3 is 2.29 bits per heavy atom. The molecule has 8 heteroatoms. The molecule has 0 aromatic heterocycles. The quantitative estimate of drug-likeness (QED) is 0.431. The summed E-state index contributed by atoms with van der Waals surface area (Å²) >= 11 is 0. The largest absolute Gasteiger partial charge is 0.272 e. The molecule has 0 saturated heterocycles. The zero-order valence-electron chi connectivity index (χ0n) is 16.9. The van der Waals surface area contributed by atoms with Crippen LogP contribution in [0.3, 0.4) is 0 Å². The minimum absolute atomic E-state index is 0.0343. The van der Waals surface area contributed by atoms with Gasteiger partial charge in [-0.25, -0.2) is 18.2 Å². The highest BCUT2D eigenvalue weighted by Gasteiger charge is 2.26. The van der Waals surface area contributed by atoms with Crippen LogP contribution >= 0.6 is 0 Å². The fraction of sp³-hybridized carbons (Fsp3) is 0.130. The SMILES string of the molecule is Cc1ccc(CN(CC(=O)NN=Cc2ccc(F)cc2)S(=O)(=O)c2ccccc2)cc1. The van der Waals surface area contributed by atoms with E-state index in [0.717, 1.165) is 15.4 Å². The first-order chi connectivity index (χ1) is 14.8. The first-order valence-electron chi connectivity index (χ1n) is 9.53. The number of hydrogen-bond acceptors (Lipinski definition) is 4. The average Bonchev–Trinajstić information content (AvgIpc) is 2.77. The Bertz CT molecular complexity index is 1150. The van der Waals surface area contributed by atoms with Crippen molar-refractivity contribution < 1.29 is 17.6 Å². The van der Waals surface area contributed by atoms with Crippen molar-refractivity contribution in [3.05, 3.63) is 101 Å². The van der Waals surface area contributed by atoms with E-state index in [9.17, 15) is 17.6 Å². The Labute approximate surface area is 181 Å². The topological polar surface area (TPSA) is 78.8 Å². The van der Waals surface area contributed by atoms with Gasteiger partial charge in [0.1, 0.15) is 5.82 Å². The fourth-order valence-corrected chi connectivity index (χ4v) is 4.19. The summed E-state index contributed by atoms with van der Waals surface area (Å²) in [6, 6.07) is 20.9. The minimum atomic E-state index is -3.91. The molecule has 160 valence electrons. The van der Waals surface area contributed by atoms with E-state index in [0.29, 0.717) is 5.56 Å². The van der Waals surface area contributed by atoms with E-state index >= 15 is 0 Å². The fourth-order valence-electron chi connectivity index (χ4n) is 2.79. The first-order valence-corrected chi connectivity index (χ1v) is 11.0. The molecule has 0 heterocycles. The van der Waals surface area contributed by atoms with Gasteiger partial charge in [-0.2, -0.15) is 9.41 Å². The summed E-state index contributed by atoms with van der Waals surface area (Å²) in [5.74, 6) is -0.968. The molecule has 1 N–H and O–H groups in total. The molecule has 3 aromatic rings. The predicted molar refractivity (Wildman–Crippen MR) is 117 cm³/mol. The van der Waals surface area contributed by atoms with Gasteiger partial charge in [0.25, 0.3) is 5.91 Å². The molecule has 31 heavy (non-hydrogen) atoms. The van der Waals surface area contributed by atoms with Crippen LogP contribution in [0.5, 0.6) is 0 Å². The number of sulfonamides is 1. The van der Waals surface area contributed by atoms with Gasteiger partial charge in [-0.3, -0.25) is 4.79 Å². The number of hydrazone groups is 1. The maximum absolute atomic E-state index is 13.1. The van der Waals surface area contributed by atoms with Crippen molar-refractivity contribution in [1.29, 1.82) is 0 Å². The van der Waals surface area contributed by atoms with Crippen molar-refractivity contribution >= 4 is 22.1 Å². The summed E-state index contributed by atoms with van der Waals surface area (Å²) in [5.41, 5.74) is 4.73. The van der Waals surface area contributed by atoms with Crippen LogP contribution in [0.2, 0.25) is 0 Å². The molecule has 0 aliphatic heterocycles. The van der Waals surface area contributed by atoms with Crippen molar-refractivity contribution in [2.75, 3.05) is 6.54 Å². The molecule has 3 rings (SSSR count). The number of carbonyl (C=O) groups excluding carboxylic acids is 1. The van der Waals surface area contributed by atoms with E-state index in [1.165, 1.54) is 42.6 Å². The third-order valence-electron chi connectivity index (χ3n) is 4.45. The van der Waals surface area contributed by atoms with Gasteiger partial charge in [0.05, 0.1) is 17.7 Å². The Morgan fingerprint density at radius 2 is 1.65 bits per heavy atom. The Kier molecular flexibility index (Phi) is 7.28. The minimum Gasteiger partial charge on any atom is -0.272 e. The number of hydrogen-bond donors (Lipinski definition) is 1. The van der Waals surface area contributed by atoms with Gasteiger partial charge in [0, 0.05) is 6.54 Å². The maximum atomic E-state index is 13.1. The zero-order valence-corrected chi connectivity index (χ0v) is 17.7. The van der Waals surface area contributed by atoms with Crippen molar-refractivity contribution in [3.63, 3.8) is 0 Å². The van der Waals surface area contributed by atoms with Crippen molar-refractivity contribution in [3.8, 4) is 0 Å². The molecule has 0 unspecified atom stereocenters. The Balaban J connectivity index is 1.76. The predicted octanol–water partition coefficient (Wildman–Crippen LogP) is 3.48. The van der Waals surface area contributed by atoms with E-state index < -0.39 is 22.5 Å². The van der Waals surface area contributed by atoms with Crippen LogP contribution in [0.25, 0.3) is 0 Å². The number of carbonyl (C=O) groups is 1. The second-order valence-corrected chi connectivity index (χ2v) is 8.85. The monoisotopic (exact) mass is 439 g/mol. The number of nitrogens with one attached hydrogen (secondary N) is 1. The number of aryl methyl sites for hydroxylation is 1. The molecule has 6 nitrogen and oxygen atoms in total. The highest BCUT2D eigenvalue weighted by molar-refractivity contribution is 7.89. The lowest BCUT2D eigenvalue weighted by Crippen LogP contribution is -2.39. The maximum Gasteiger partial charge on any atom is 0.255 e. The Hall–Kier alpha value is -3.36. The van der Waals surface area contributed by atoms with Crippen molar-refractivity contribution in [1.82, 2.24) is 9.73 Å². The van der Waals surface area contributed by atoms with Crippen LogP contribution in [0.4, 0.5) is 4.39 Å². The Morgan fingerprint density at radius 1 is 1.00 bits per heavy atom. The summed E-state index contributed by atoms with van der Waals surface area (Å²) in [6.07, 6.45) is 1.35. The molecule has 0 fully saturated rings. The molecule has 0 spiro atoms. The highest BCUT2D eigenvalue weighted by Crippen LogP contribution is 2.18. The summed E-state index contributed by atoms with van der Waals surface area (Å²) < 4.78 is 40.3. The number of benzene rings is 3. The lowest BCUT2D eigenvalue weighted by Gasteiger charge is -2.21. The normalized spacial score (nSPS) is 11.7. The summed E-state index contributed by atoms with van der Waals surface area (Å²) in [4.78, 5) is 12.5. The molecule has 0 aliphatic rings. The highest BCUT2D eigenvalue weighted by atomic mass is 32.2. The number of amides is 1. The molecule has 0 radical (unpaired) electrons. The van der Waals surface area contributed by atoms with Gasteiger partial charge in [-0.1, -0.05) is 60.2 Å². The van der Waals surface area contributed by atoms with Crippen molar-refractivity contribution in [2.24, 2.45) is 5.10 Å². The summed E-state index contributed by atoms with van der Waals surface area (Å²) in [7, 11) is -3.91. The second kappa shape index (κ2) is 10.1. The molecule has 0 aliphatic carbocycles. The van der Waals surface area contributed by atoms with Crippen LogP contribution in [-0.4, -0.2) is 31.4 Å². The van der Waals surface area contributed by atoms with Gasteiger partial charge in [0.2, 0.25) is 10.0 Å². The molecule has 3 aromatic carbocycles. The van der Waals surface area contributed by atoms with Crippen LogP contribution in [0, 0.1) is 12.7 Å². The van der Waals surface area contributed by atoms with Gasteiger partial charge < -0.3 is 0 Å². The van der Waals surface area contributed by atoms with Crippen LogP contribution in [0.1, 0.15) is 16.7 Å². The van der Waals surface area contributed by atoms with E-state index in [1.807, 2.05) is 31.2 Å². The first kappa shape index (κ1) is 22.3.